The standard InChI is InChI=1S/C15H23N3O3/c16-15(18-19)13-1-3-14(4-2-13)21-10-7-17-11-12-5-8-20-9-6-12/h1-4,12,17,19H,5-11H2,(H2,16,18). The molecule has 1 fully saturated rings. The van der Waals surface area contributed by atoms with Crippen molar-refractivity contribution in [3.05, 3.63) is 29.8 Å². The van der Waals surface area contributed by atoms with Gasteiger partial charge in [0.1, 0.15) is 12.4 Å². The van der Waals surface area contributed by atoms with Gasteiger partial charge in [0.25, 0.3) is 0 Å². The van der Waals surface area contributed by atoms with Gasteiger partial charge in [0, 0.05) is 25.3 Å². The molecule has 0 aromatic heterocycles. The highest BCUT2D eigenvalue weighted by Gasteiger charge is 2.12. The molecule has 1 saturated heterocycles. The molecule has 6 nitrogen and oxygen atoms in total. The number of ether oxygens (including phenoxy) is 2. The van der Waals surface area contributed by atoms with E-state index in [1.54, 1.807) is 12.1 Å². The smallest absolute Gasteiger partial charge is 0.170 e. The summed E-state index contributed by atoms with van der Waals surface area (Å²) in [5.74, 6) is 1.59. The van der Waals surface area contributed by atoms with Gasteiger partial charge in [-0.25, -0.2) is 0 Å². The van der Waals surface area contributed by atoms with Crippen molar-refractivity contribution in [1.82, 2.24) is 5.32 Å². The van der Waals surface area contributed by atoms with Crippen LogP contribution in [0.4, 0.5) is 0 Å². The lowest BCUT2D eigenvalue weighted by atomic mass is 10.0. The molecule has 0 spiro atoms. The number of rotatable bonds is 7. The van der Waals surface area contributed by atoms with Crippen molar-refractivity contribution in [2.45, 2.75) is 12.8 Å². The number of benzene rings is 1. The Hall–Kier alpha value is -1.79. The van der Waals surface area contributed by atoms with Gasteiger partial charge in [-0.3, -0.25) is 0 Å². The second-order valence-electron chi connectivity index (χ2n) is 5.12. The van der Waals surface area contributed by atoms with Gasteiger partial charge in [-0.1, -0.05) is 5.16 Å². The number of amidine groups is 1. The second kappa shape index (κ2) is 8.49. The summed E-state index contributed by atoms with van der Waals surface area (Å²) < 4.78 is 11.0. The molecule has 1 aromatic rings. The van der Waals surface area contributed by atoms with E-state index in [1.807, 2.05) is 12.1 Å². The molecule has 0 radical (unpaired) electrons. The van der Waals surface area contributed by atoms with E-state index in [2.05, 4.69) is 10.5 Å². The summed E-state index contributed by atoms with van der Waals surface area (Å²) in [4.78, 5) is 0. The van der Waals surface area contributed by atoms with Crippen molar-refractivity contribution in [2.24, 2.45) is 16.8 Å². The van der Waals surface area contributed by atoms with Crippen LogP contribution in [0, 0.1) is 5.92 Å². The quantitative estimate of drug-likeness (QED) is 0.231. The van der Waals surface area contributed by atoms with Crippen LogP contribution >= 0.6 is 0 Å². The fraction of sp³-hybridized carbons (Fsp3) is 0.533. The van der Waals surface area contributed by atoms with Gasteiger partial charge in [0.05, 0.1) is 0 Å². The predicted octanol–water partition coefficient (Wildman–Crippen LogP) is 1.18. The van der Waals surface area contributed by atoms with E-state index in [9.17, 15) is 0 Å². The fourth-order valence-electron chi connectivity index (χ4n) is 2.28. The second-order valence-corrected chi connectivity index (χ2v) is 5.12. The lowest BCUT2D eigenvalue weighted by Crippen LogP contribution is -2.30. The summed E-state index contributed by atoms with van der Waals surface area (Å²) in [6.45, 7) is 4.23. The van der Waals surface area contributed by atoms with Crippen LogP contribution in [0.5, 0.6) is 5.75 Å². The molecule has 1 aliphatic rings. The molecule has 0 amide bonds. The molecule has 4 N–H and O–H groups in total. The van der Waals surface area contributed by atoms with Crippen LogP contribution in [-0.4, -0.2) is 44.0 Å². The van der Waals surface area contributed by atoms with Gasteiger partial charge >= 0.3 is 0 Å². The Kier molecular flexibility index (Phi) is 6.30. The van der Waals surface area contributed by atoms with Gasteiger partial charge in [-0.05, 0) is 49.6 Å². The summed E-state index contributed by atoms with van der Waals surface area (Å²) in [6.07, 6.45) is 2.28. The minimum atomic E-state index is 0.0969. The topological polar surface area (TPSA) is 89.1 Å². The minimum absolute atomic E-state index is 0.0969. The monoisotopic (exact) mass is 293 g/mol. The number of oxime groups is 1. The largest absolute Gasteiger partial charge is 0.492 e. The van der Waals surface area contributed by atoms with E-state index in [1.165, 1.54) is 0 Å². The molecule has 1 aromatic carbocycles. The molecule has 116 valence electrons. The van der Waals surface area contributed by atoms with Crippen LogP contribution in [0.1, 0.15) is 18.4 Å². The SMILES string of the molecule is NC(=NO)c1ccc(OCCNCC2CCOCC2)cc1. The van der Waals surface area contributed by atoms with Crippen molar-refractivity contribution in [3.8, 4) is 5.75 Å². The first-order valence-corrected chi connectivity index (χ1v) is 7.29. The Morgan fingerprint density at radius 2 is 2.05 bits per heavy atom. The lowest BCUT2D eigenvalue weighted by Gasteiger charge is -2.22. The molecule has 2 rings (SSSR count). The van der Waals surface area contributed by atoms with Gasteiger partial charge in [0.2, 0.25) is 0 Å². The number of nitrogens with zero attached hydrogens (tertiary/aromatic N) is 1. The van der Waals surface area contributed by atoms with Crippen LogP contribution < -0.4 is 15.8 Å². The van der Waals surface area contributed by atoms with Crippen molar-refractivity contribution in [1.29, 1.82) is 0 Å². The Bertz CT molecular complexity index is 442. The minimum Gasteiger partial charge on any atom is -0.492 e. The predicted molar refractivity (Wildman–Crippen MR) is 80.9 cm³/mol. The first kappa shape index (κ1) is 15.6. The summed E-state index contributed by atoms with van der Waals surface area (Å²) >= 11 is 0. The Labute approximate surface area is 124 Å². The van der Waals surface area contributed by atoms with E-state index < -0.39 is 0 Å². The first-order chi connectivity index (χ1) is 10.3. The summed E-state index contributed by atoms with van der Waals surface area (Å²) in [7, 11) is 0. The van der Waals surface area contributed by atoms with Crippen LogP contribution in [0.25, 0.3) is 0 Å². The molecule has 0 atom stereocenters. The van der Waals surface area contributed by atoms with Gasteiger partial charge < -0.3 is 25.7 Å². The van der Waals surface area contributed by atoms with Crippen molar-refractivity contribution in [2.75, 3.05) is 32.9 Å². The maximum absolute atomic E-state index is 8.58. The molecule has 1 heterocycles. The molecule has 0 saturated carbocycles. The van der Waals surface area contributed by atoms with Crippen LogP contribution in [0.3, 0.4) is 0 Å². The van der Waals surface area contributed by atoms with Crippen LogP contribution in [0.2, 0.25) is 0 Å². The number of hydrogen-bond donors (Lipinski definition) is 3. The van der Waals surface area contributed by atoms with E-state index in [-0.39, 0.29) is 5.84 Å². The molecular formula is C15H23N3O3. The summed E-state index contributed by atoms with van der Waals surface area (Å²) in [6, 6.07) is 7.15. The van der Waals surface area contributed by atoms with Crippen LogP contribution in [-0.2, 0) is 4.74 Å². The molecule has 0 unspecified atom stereocenters. The third-order valence-electron chi connectivity index (χ3n) is 3.58. The van der Waals surface area contributed by atoms with E-state index in [4.69, 9.17) is 20.4 Å². The van der Waals surface area contributed by atoms with Crippen molar-refractivity contribution in [3.63, 3.8) is 0 Å². The Morgan fingerprint density at radius 3 is 2.71 bits per heavy atom. The number of nitrogens with one attached hydrogen (secondary N) is 1. The maximum atomic E-state index is 8.58. The van der Waals surface area contributed by atoms with Crippen molar-refractivity contribution >= 4 is 5.84 Å². The molecule has 1 aliphatic heterocycles. The third-order valence-corrected chi connectivity index (χ3v) is 3.58. The van der Waals surface area contributed by atoms with Gasteiger partial charge in [-0.2, -0.15) is 0 Å². The highest BCUT2D eigenvalue weighted by Crippen LogP contribution is 2.13. The lowest BCUT2D eigenvalue weighted by molar-refractivity contribution is 0.0661. The van der Waals surface area contributed by atoms with E-state index >= 15 is 0 Å². The van der Waals surface area contributed by atoms with E-state index in [0.29, 0.717) is 12.2 Å². The molecule has 0 bridgehead atoms. The van der Waals surface area contributed by atoms with Gasteiger partial charge in [-0.15, -0.1) is 0 Å². The first-order valence-electron chi connectivity index (χ1n) is 7.29. The zero-order valence-corrected chi connectivity index (χ0v) is 12.1. The fourth-order valence-corrected chi connectivity index (χ4v) is 2.28. The van der Waals surface area contributed by atoms with Crippen molar-refractivity contribution < 1.29 is 14.7 Å². The molecule has 6 heteroatoms. The number of hydrogen-bond acceptors (Lipinski definition) is 5. The summed E-state index contributed by atoms with van der Waals surface area (Å²) in [5, 5.41) is 14.9. The summed E-state index contributed by atoms with van der Waals surface area (Å²) in [5.41, 5.74) is 6.16. The highest BCUT2D eigenvalue weighted by atomic mass is 16.5. The normalized spacial score (nSPS) is 16.9. The zero-order valence-electron chi connectivity index (χ0n) is 12.1. The average molecular weight is 293 g/mol. The van der Waals surface area contributed by atoms with Gasteiger partial charge in [0.15, 0.2) is 5.84 Å². The van der Waals surface area contributed by atoms with E-state index in [0.717, 1.165) is 50.8 Å². The van der Waals surface area contributed by atoms with Crippen LogP contribution in [0.15, 0.2) is 29.4 Å². The molecule has 0 aliphatic carbocycles. The third kappa shape index (κ3) is 5.24. The molecule has 21 heavy (non-hydrogen) atoms. The highest BCUT2D eigenvalue weighted by molar-refractivity contribution is 5.97. The number of nitrogens with two attached hydrogens (primary N) is 1. The maximum Gasteiger partial charge on any atom is 0.170 e. The molecular weight excluding hydrogens is 270 g/mol. The average Bonchev–Trinajstić information content (AvgIpc) is 2.55. The zero-order chi connectivity index (χ0) is 14.9. The Balaban J connectivity index is 1.62. The Morgan fingerprint density at radius 1 is 1.33 bits per heavy atom.